The summed E-state index contributed by atoms with van der Waals surface area (Å²) in [7, 11) is 0. The van der Waals surface area contributed by atoms with Gasteiger partial charge in [0, 0.05) is 43.6 Å². The van der Waals surface area contributed by atoms with Gasteiger partial charge < -0.3 is 20.5 Å². The van der Waals surface area contributed by atoms with Gasteiger partial charge in [-0.3, -0.25) is 9.59 Å². The first-order valence-electron chi connectivity index (χ1n) is 11.4. The lowest BCUT2D eigenvalue weighted by Crippen LogP contribution is -2.47. The largest absolute Gasteiger partial charge is 0.360 e. The second-order valence-corrected chi connectivity index (χ2v) is 8.73. The molecule has 0 aliphatic heterocycles. The van der Waals surface area contributed by atoms with Crippen LogP contribution in [0.4, 0.5) is 0 Å². The summed E-state index contributed by atoms with van der Waals surface area (Å²) in [6.07, 6.45) is 6.83. The van der Waals surface area contributed by atoms with E-state index in [2.05, 4.69) is 22.6 Å². The first kappa shape index (κ1) is 21.6. The summed E-state index contributed by atoms with van der Waals surface area (Å²) in [6.45, 7) is 1.01. The maximum absolute atomic E-state index is 13.4. The number of aromatic nitrogens is 1. The summed E-state index contributed by atoms with van der Waals surface area (Å²) < 4.78 is 5.44. The van der Waals surface area contributed by atoms with Crippen LogP contribution >= 0.6 is 0 Å². The molecule has 166 valence electrons. The van der Waals surface area contributed by atoms with E-state index < -0.39 is 0 Å². The maximum atomic E-state index is 13.4. The highest BCUT2D eigenvalue weighted by molar-refractivity contribution is 5.92. The third kappa shape index (κ3) is 5.73. The fourth-order valence-corrected chi connectivity index (χ4v) is 4.40. The molecule has 2 aromatic rings. The van der Waals surface area contributed by atoms with Gasteiger partial charge in [0.15, 0.2) is 5.69 Å². The molecule has 0 radical (unpaired) electrons. The number of carbonyl (C=O) groups is 2. The van der Waals surface area contributed by atoms with Crippen LogP contribution in [-0.4, -0.2) is 47.0 Å². The van der Waals surface area contributed by atoms with Crippen molar-refractivity contribution in [3.63, 3.8) is 0 Å². The molecule has 2 amide bonds. The first-order valence-corrected chi connectivity index (χ1v) is 11.4. The smallest absolute Gasteiger partial charge is 0.276 e. The second kappa shape index (κ2) is 10.1. The Labute approximate surface area is 183 Å². The van der Waals surface area contributed by atoms with Crippen LogP contribution in [-0.2, 0) is 11.2 Å². The van der Waals surface area contributed by atoms with Crippen molar-refractivity contribution in [3.05, 3.63) is 53.4 Å². The second-order valence-electron chi connectivity index (χ2n) is 8.73. The molecule has 2 aliphatic carbocycles. The highest BCUT2D eigenvalue weighted by Crippen LogP contribution is 2.40. The predicted octanol–water partition coefficient (Wildman–Crippen LogP) is 3.01. The summed E-state index contributed by atoms with van der Waals surface area (Å²) >= 11 is 0. The Kier molecular flexibility index (Phi) is 7.02. The lowest BCUT2D eigenvalue weighted by Gasteiger charge is -2.37. The van der Waals surface area contributed by atoms with E-state index in [4.69, 9.17) is 10.3 Å². The molecule has 2 fully saturated rings. The molecule has 1 aromatic heterocycles. The van der Waals surface area contributed by atoms with Crippen molar-refractivity contribution in [1.82, 2.24) is 15.4 Å². The molecule has 0 bridgehead atoms. The first-order chi connectivity index (χ1) is 15.1. The molecule has 2 aliphatic rings. The van der Waals surface area contributed by atoms with Gasteiger partial charge in [-0.25, -0.2) is 0 Å². The van der Waals surface area contributed by atoms with Crippen LogP contribution in [0, 0.1) is 0 Å². The van der Waals surface area contributed by atoms with Crippen molar-refractivity contribution in [2.24, 2.45) is 5.73 Å². The molecule has 0 spiro atoms. The minimum absolute atomic E-state index is 0.0122. The van der Waals surface area contributed by atoms with Gasteiger partial charge in [-0.2, -0.15) is 0 Å². The Morgan fingerprint density at radius 3 is 2.52 bits per heavy atom. The van der Waals surface area contributed by atoms with Crippen LogP contribution in [0.2, 0.25) is 0 Å². The number of carbonyl (C=O) groups excluding carboxylic acids is 2. The predicted molar refractivity (Wildman–Crippen MR) is 118 cm³/mol. The lowest BCUT2D eigenvalue weighted by molar-refractivity contribution is -0.121. The van der Waals surface area contributed by atoms with Crippen molar-refractivity contribution < 1.29 is 14.1 Å². The fourth-order valence-electron chi connectivity index (χ4n) is 4.40. The number of benzene rings is 1. The molecule has 7 heteroatoms. The molecule has 7 nitrogen and oxygen atoms in total. The van der Waals surface area contributed by atoms with Crippen LogP contribution < -0.4 is 11.1 Å². The van der Waals surface area contributed by atoms with Gasteiger partial charge >= 0.3 is 0 Å². The fraction of sp³-hybridized carbons (Fsp3) is 0.542. The van der Waals surface area contributed by atoms with Crippen LogP contribution in [0.15, 0.2) is 40.9 Å². The van der Waals surface area contributed by atoms with E-state index in [1.54, 1.807) is 0 Å². The van der Waals surface area contributed by atoms with Crippen molar-refractivity contribution in [2.45, 2.75) is 69.4 Å². The minimum Gasteiger partial charge on any atom is -0.360 e. The number of amides is 2. The van der Waals surface area contributed by atoms with E-state index >= 15 is 0 Å². The average Bonchev–Trinajstić information content (AvgIpc) is 3.52. The van der Waals surface area contributed by atoms with Crippen LogP contribution in [0.25, 0.3) is 0 Å². The normalized spacial score (nSPS) is 20.9. The summed E-state index contributed by atoms with van der Waals surface area (Å²) in [5.74, 6) is 1.22. The van der Waals surface area contributed by atoms with E-state index in [-0.39, 0.29) is 23.9 Å². The number of hydrogen-bond acceptors (Lipinski definition) is 5. The van der Waals surface area contributed by atoms with E-state index in [0.29, 0.717) is 31.1 Å². The molecular weight excluding hydrogens is 392 g/mol. The number of rotatable bonds is 9. The Morgan fingerprint density at radius 1 is 1.10 bits per heavy atom. The zero-order chi connectivity index (χ0) is 21.6. The lowest BCUT2D eigenvalue weighted by atomic mass is 9.89. The van der Waals surface area contributed by atoms with E-state index in [0.717, 1.165) is 50.7 Å². The summed E-state index contributed by atoms with van der Waals surface area (Å²) in [5.41, 5.74) is 7.09. The van der Waals surface area contributed by atoms with Crippen LogP contribution in [0.3, 0.4) is 0 Å². The van der Waals surface area contributed by atoms with Crippen molar-refractivity contribution in [3.8, 4) is 0 Å². The third-order valence-corrected chi connectivity index (χ3v) is 6.35. The summed E-state index contributed by atoms with van der Waals surface area (Å²) in [6, 6.07) is 12.4. The Balaban J connectivity index is 1.41. The Hall–Kier alpha value is -2.67. The highest BCUT2D eigenvalue weighted by Gasteiger charge is 2.33. The average molecular weight is 425 g/mol. The van der Waals surface area contributed by atoms with Gasteiger partial charge in [0.1, 0.15) is 5.76 Å². The number of hydrogen-bond donors (Lipinski definition) is 2. The monoisotopic (exact) mass is 424 g/mol. The van der Waals surface area contributed by atoms with E-state index in [9.17, 15) is 9.59 Å². The Morgan fingerprint density at radius 2 is 1.84 bits per heavy atom. The number of nitrogens with one attached hydrogen (secondary N) is 1. The molecule has 3 N–H and O–H groups in total. The SMILES string of the molecule is NCCC(=O)N[C@H]1CC[C@H](N(CCc2ccccc2)C(=O)c2cc(C3CC3)on2)CC1. The maximum Gasteiger partial charge on any atom is 0.276 e. The van der Waals surface area contributed by atoms with Gasteiger partial charge in [-0.05, 0) is 50.5 Å². The topological polar surface area (TPSA) is 101 Å². The van der Waals surface area contributed by atoms with Gasteiger partial charge in [0.25, 0.3) is 5.91 Å². The van der Waals surface area contributed by atoms with Gasteiger partial charge in [0.2, 0.25) is 5.91 Å². The zero-order valence-corrected chi connectivity index (χ0v) is 18.0. The van der Waals surface area contributed by atoms with Gasteiger partial charge in [0.05, 0.1) is 0 Å². The van der Waals surface area contributed by atoms with Crippen molar-refractivity contribution in [2.75, 3.05) is 13.1 Å². The molecule has 2 saturated carbocycles. The molecule has 0 unspecified atom stereocenters. The quantitative estimate of drug-likeness (QED) is 0.644. The summed E-state index contributed by atoms with van der Waals surface area (Å²) in [5, 5.41) is 7.16. The molecule has 4 rings (SSSR count). The third-order valence-electron chi connectivity index (χ3n) is 6.35. The molecule has 1 aromatic carbocycles. The van der Waals surface area contributed by atoms with Gasteiger partial charge in [-0.15, -0.1) is 0 Å². The molecular formula is C24H32N4O3. The highest BCUT2D eigenvalue weighted by atomic mass is 16.5. The van der Waals surface area contributed by atoms with Crippen molar-refractivity contribution >= 4 is 11.8 Å². The standard InChI is InChI=1S/C24H32N4O3/c25-14-12-23(29)26-19-8-10-20(11-9-19)28(15-13-17-4-2-1-3-5-17)24(30)21-16-22(31-27-21)18-6-7-18/h1-5,16,18-20H,6-15,25H2,(H,26,29)/t19-,20-. The Bertz CT molecular complexity index is 870. The zero-order valence-electron chi connectivity index (χ0n) is 18.0. The molecule has 1 heterocycles. The molecule has 31 heavy (non-hydrogen) atoms. The molecule has 0 atom stereocenters. The summed E-state index contributed by atoms with van der Waals surface area (Å²) in [4.78, 5) is 27.2. The van der Waals surface area contributed by atoms with E-state index in [1.807, 2.05) is 29.2 Å². The number of nitrogens with zero attached hydrogens (tertiary/aromatic N) is 2. The van der Waals surface area contributed by atoms with Gasteiger partial charge in [-0.1, -0.05) is 35.5 Å². The van der Waals surface area contributed by atoms with Crippen LogP contribution in [0.1, 0.15) is 72.7 Å². The van der Waals surface area contributed by atoms with Crippen LogP contribution in [0.5, 0.6) is 0 Å². The molecule has 0 saturated heterocycles. The minimum atomic E-state index is -0.0535. The van der Waals surface area contributed by atoms with Crippen molar-refractivity contribution in [1.29, 1.82) is 0 Å². The van der Waals surface area contributed by atoms with E-state index in [1.165, 1.54) is 5.56 Å². The number of nitrogens with two attached hydrogens (primary N) is 1.